The number of hydrogen-bond donors (Lipinski definition) is 1. The van der Waals surface area contributed by atoms with Crippen LogP contribution in [0.2, 0.25) is 0 Å². The molecule has 0 aromatic heterocycles. The molecule has 15 heavy (non-hydrogen) atoms. The van der Waals surface area contributed by atoms with E-state index in [1.54, 1.807) is 0 Å². The fraction of sp³-hybridized carbons (Fsp3) is 1.00. The predicted octanol–water partition coefficient (Wildman–Crippen LogP) is 2.07. The maximum atomic E-state index is 3.47. The van der Waals surface area contributed by atoms with Crippen LogP contribution in [0, 0.1) is 5.92 Å². The fourth-order valence-corrected chi connectivity index (χ4v) is 2.58. The van der Waals surface area contributed by atoms with Crippen molar-refractivity contribution in [2.45, 2.75) is 44.2 Å². The van der Waals surface area contributed by atoms with Gasteiger partial charge in [-0.25, -0.2) is 0 Å². The Morgan fingerprint density at radius 3 is 1.93 bits per heavy atom. The van der Waals surface area contributed by atoms with Gasteiger partial charge in [0.05, 0.1) is 0 Å². The third-order valence-electron chi connectivity index (χ3n) is 3.66. The van der Waals surface area contributed by atoms with Crippen LogP contribution in [-0.4, -0.2) is 36.6 Å². The second-order valence-electron chi connectivity index (χ2n) is 5.02. The van der Waals surface area contributed by atoms with E-state index in [0.29, 0.717) is 0 Å². The van der Waals surface area contributed by atoms with Gasteiger partial charge >= 0.3 is 0 Å². The lowest BCUT2D eigenvalue weighted by Crippen LogP contribution is -2.34. The minimum atomic E-state index is 0. The van der Waals surface area contributed by atoms with E-state index in [0.717, 1.165) is 18.0 Å². The Labute approximate surface area is 105 Å². The largest absolute Gasteiger partial charge is 0.316 e. The van der Waals surface area contributed by atoms with Gasteiger partial charge in [0.15, 0.2) is 0 Å². The van der Waals surface area contributed by atoms with E-state index in [1.807, 2.05) is 0 Å². The molecule has 3 aliphatic rings. The highest BCUT2D eigenvalue weighted by molar-refractivity contribution is 5.85. The highest BCUT2D eigenvalue weighted by Crippen LogP contribution is 2.38. The molecule has 1 aliphatic heterocycles. The first-order valence-electron chi connectivity index (χ1n) is 5.90. The van der Waals surface area contributed by atoms with Crippen LogP contribution in [0.4, 0.5) is 0 Å². The number of nitrogens with one attached hydrogen (secondary N) is 1. The van der Waals surface area contributed by atoms with Gasteiger partial charge in [0.25, 0.3) is 0 Å². The number of nitrogens with zero attached hydrogens (tertiary/aromatic N) is 1. The lowest BCUT2D eigenvalue weighted by Gasteiger charge is -2.24. The molecule has 2 saturated carbocycles. The minimum absolute atomic E-state index is 0. The minimum Gasteiger partial charge on any atom is -0.316 e. The van der Waals surface area contributed by atoms with Gasteiger partial charge in [-0.2, -0.15) is 0 Å². The number of halogens is 2. The van der Waals surface area contributed by atoms with Crippen LogP contribution in [0.5, 0.6) is 0 Å². The van der Waals surface area contributed by atoms with Crippen molar-refractivity contribution in [1.29, 1.82) is 0 Å². The van der Waals surface area contributed by atoms with Crippen LogP contribution < -0.4 is 5.32 Å². The third kappa shape index (κ3) is 3.48. The van der Waals surface area contributed by atoms with Gasteiger partial charge in [0, 0.05) is 18.6 Å². The van der Waals surface area contributed by atoms with E-state index < -0.39 is 0 Å². The van der Waals surface area contributed by atoms with Crippen molar-refractivity contribution in [2.75, 3.05) is 19.6 Å². The molecule has 3 fully saturated rings. The molecule has 1 N–H and O–H groups in total. The zero-order chi connectivity index (χ0) is 8.67. The summed E-state index contributed by atoms with van der Waals surface area (Å²) in [7, 11) is 0. The van der Waals surface area contributed by atoms with Crippen molar-refractivity contribution in [3.63, 3.8) is 0 Å². The first-order valence-corrected chi connectivity index (χ1v) is 5.90. The Hall–Kier alpha value is 0.500. The average molecular weight is 253 g/mol. The van der Waals surface area contributed by atoms with Crippen LogP contribution in [0.25, 0.3) is 0 Å². The molecule has 0 radical (unpaired) electrons. The summed E-state index contributed by atoms with van der Waals surface area (Å²) in [6.07, 6.45) is 7.34. The summed E-state index contributed by atoms with van der Waals surface area (Å²) in [5, 5.41) is 3.47. The van der Waals surface area contributed by atoms with Gasteiger partial charge in [0.2, 0.25) is 0 Å². The molecule has 2 aliphatic carbocycles. The smallest absolute Gasteiger partial charge is 0.00994 e. The summed E-state index contributed by atoms with van der Waals surface area (Å²) >= 11 is 0. The van der Waals surface area contributed by atoms with E-state index in [4.69, 9.17) is 0 Å². The topological polar surface area (TPSA) is 15.3 Å². The van der Waals surface area contributed by atoms with Crippen molar-refractivity contribution in [3.05, 3.63) is 0 Å². The lowest BCUT2D eigenvalue weighted by molar-refractivity contribution is 0.218. The van der Waals surface area contributed by atoms with Crippen LogP contribution >= 0.6 is 24.8 Å². The Morgan fingerprint density at radius 1 is 0.933 bits per heavy atom. The van der Waals surface area contributed by atoms with Gasteiger partial charge in [-0.05, 0) is 51.1 Å². The molecule has 3 rings (SSSR count). The molecule has 2 nitrogen and oxygen atoms in total. The molecule has 1 heterocycles. The van der Waals surface area contributed by atoms with Crippen molar-refractivity contribution in [1.82, 2.24) is 10.2 Å². The van der Waals surface area contributed by atoms with Gasteiger partial charge < -0.3 is 5.32 Å². The summed E-state index contributed by atoms with van der Waals surface area (Å²) in [6.45, 7) is 3.92. The van der Waals surface area contributed by atoms with E-state index in [9.17, 15) is 0 Å². The van der Waals surface area contributed by atoms with Crippen LogP contribution in [0.15, 0.2) is 0 Å². The SMILES string of the molecule is C1C[C@H](CN(C2CC2)C2CC2)CN1.Cl.Cl. The average Bonchev–Trinajstić information content (AvgIpc) is 3.04. The van der Waals surface area contributed by atoms with E-state index in [1.165, 1.54) is 51.7 Å². The Bertz CT molecular complexity index is 175. The summed E-state index contributed by atoms with van der Waals surface area (Å²) in [4.78, 5) is 2.82. The molecule has 90 valence electrons. The first kappa shape index (κ1) is 13.6. The zero-order valence-electron chi connectivity index (χ0n) is 9.15. The van der Waals surface area contributed by atoms with Crippen molar-refractivity contribution in [2.24, 2.45) is 5.92 Å². The molecule has 4 heteroatoms. The highest BCUT2D eigenvalue weighted by Gasteiger charge is 2.39. The fourth-order valence-electron chi connectivity index (χ4n) is 2.58. The molecule has 0 aromatic carbocycles. The summed E-state index contributed by atoms with van der Waals surface area (Å²) in [5.41, 5.74) is 0. The standard InChI is InChI=1S/C11H20N2.2ClH/c1-2-10(1)13(11-3-4-11)8-9-5-6-12-7-9;;/h9-12H,1-8H2;2*1H/t9-;;/m0../s1. The maximum absolute atomic E-state index is 3.47. The lowest BCUT2D eigenvalue weighted by atomic mass is 10.1. The quantitative estimate of drug-likeness (QED) is 0.825. The van der Waals surface area contributed by atoms with Gasteiger partial charge in [0.1, 0.15) is 0 Å². The number of hydrogen-bond acceptors (Lipinski definition) is 2. The third-order valence-corrected chi connectivity index (χ3v) is 3.66. The van der Waals surface area contributed by atoms with E-state index in [2.05, 4.69) is 10.2 Å². The van der Waals surface area contributed by atoms with Gasteiger partial charge in [-0.1, -0.05) is 0 Å². The highest BCUT2D eigenvalue weighted by atomic mass is 35.5. The number of rotatable bonds is 4. The molecule has 0 spiro atoms. The van der Waals surface area contributed by atoms with Crippen molar-refractivity contribution >= 4 is 24.8 Å². The predicted molar refractivity (Wildman–Crippen MR) is 68.2 cm³/mol. The normalized spacial score (nSPS) is 29.8. The molecule has 0 aromatic rings. The van der Waals surface area contributed by atoms with Gasteiger partial charge in [-0.3, -0.25) is 4.90 Å². The van der Waals surface area contributed by atoms with E-state index >= 15 is 0 Å². The second kappa shape index (κ2) is 5.72. The molecule has 0 bridgehead atoms. The maximum Gasteiger partial charge on any atom is 0.00994 e. The monoisotopic (exact) mass is 252 g/mol. The first-order chi connectivity index (χ1) is 6.43. The zero-order valence-corrected chi connectivity index (χ0v) is 10.8. The van der Waals surface area contributed by atoms with Crippen LogP contribution in [-0.2, 0) is 0 Å². The van der Waals surface area contributed by atoms with E-state index in [-0.39, 0.29) is 24.8 Å². The summed E-state index contributed by atoms with van der Waals surface area (Å²) in [5.74, 6) is 0.959. The Balaban J connectivity index is 0.000000562. The second-order valence-corrected chi connectivity index (χ2v) is 5.02. The molecule has 1 atom stereocenters. The van der Waals surface area contributed by atoms with Crippen LogP contribution in [0.3, 0.4) is 0 Å². The summed E-state index contributed by atoms with van der Waals surface area (Å²) in [6, 6.07) is 1.99. The van der Waals surface area contributed by atoms with Crippen LogP contribution in [0.1, 0.15) is 32.1 Å². The Morgan fingerprint density at radius 2 is 1.53 bits per heavy atom. The van der Waals surface area contributed by atoms with Crippen molar-refractivity contribution < 1.29 is 0 Å². The molecule has 0 amide bonds. The van der Waals surface area contributed by atoms with Crippen molar-refractivity contribution in [3.8, 4) is 0 Å². The summed E-state index contributed by atoms with van der Waals surface area (Å²) < 4.78 is 0. The molecular weight excluding hydrogens is 231 g/mol. The molecule has 1 saturated heterocycles. The Kier molecular flexibility index (Phi) is 5.17. The molecular formula is C11H22Cl2N2. The molecule has 0 unspecified atom stereocenters. The van der Waals surface area contributed by atoms with Gasteiger partial charge in [-0.15, -0.1) is 24.8 Å².